The molecule has 1 aliphatic rings. The van der Waals surface area contributed by atoms with Crippen LogP contribution in [0.4, 0.5) is 0 Å². The Morgan fingerprint density at radius 2 is 2.16 bits per heavy atom. The maximum Gasteiger partial charge on any atom is 0.337 e. The molecule has 100 valence electrons. The Kier molecular flexibility index (Phi) is 4.07. The number of aliphatic carboxylic acids is 1. The number of hydrogen-bond acceptors (Lipinski definition) is 4. The van der Waals surface area contributed by atoms with Gasteiger partial charge in [-0.15, -0.1) is 0 Å². The fraction of sp³-hybridized carbons (Fsp3) is 0.214. The molecule has 3 N–H and O–H groups in total. The summed E-state index contributed by atoms with van der Waals surface area (Å²) >= 11 is 0. The van der Waals surface area contributed by atoms with Gasteiger partial charge in [-0.25, -0.2) is 4.79 Å². The van der Waals surface area contributed by atoms with Crippen molar-refractivity contribution in [3.63, 3.8) is 0 Å². The minimum atomic E-state index is -0.921. The number of ether oxygens (including phenoxy) is 1. The lowest BCUT2D eigenvalue weighted by molar-refractivity contribution is -0.132. The first kappa shape index (κ1) is 13.0. The zero-order valence-electron chi connectivity index (χ0n) is 10.6. The summed E-state index contributed by atoms with van der Waals surface area (Å²) in [6, 6.07) is 7.64. The zero-order valence-corrected chi connectivity index (χ0v) is 10.6. The molecular weight excluding hydrogens is 244 g/mol. The molecule has 5 heteroatoms. The van der Waals surface area contributed by atoms with Gasteiger partial charge in [-0.05, 0) is 30.0 Å². The van der Waals surface area contributed by atoms with E-state index < -0.39 is 5.97 Å². The molecule has 0 saturated heterocycles. The van der Waals surface area contributed by atoms with Gasteiger partial charge in [-0.2, -0.15) is 0 Å². The van der Waals surface area contributed by atoms with Crippen molar-refractivity contribution in [2.75, 3.05) is 13.7 Å². The van der Waals surface area contributed by atoms with Crippen LogP contribution < -0.4 is 15.4 Å². The van der Waals surface area contributed by atoms with Gasteiger partial charge in [-0.3, -0.25) is 0 Å². The van der Waals surface area contributed by atoms with Crippen LogP contribution in [0.3, 0.4) is 0 Å². The van der Waals surface area contributed by atoms with E-state index in [1.54, 1.807) is 19.4 Å². The number of carboxylic acid groups (broad SMARTS) is 1. The van der Waals surface area contributed by atoms with Gasteiger partial charge in [0.1, 0.15) is 5.75 Å². The van der Waals surface area contributed by atoms with E-state index in [0.717, 1.165) is 11.3 Å². The molecule has 0 aliphatic carbocycles. The molecule has 0 amide bonds. The van der Waals surface area contributed by atoms with Crippen molar-refractivity contribution < 1.29 is 14.6 Å². The molecule has 0 atom stereocenters. The van der Waals surface area contributed by atoms with Crippen molar-refractivity contribution >= 4 is 5.97 Å². The Balaban J connectivity index is 2.04. The first-order valence-electron chi connectivity index (χ1n) is 5.94. The maximum atomic E-state index is 11.1. The van der Waals surface area contributed by atoms with Gasteiger partial charge in [-0.1, -0.05) is 12.1 Å². The number of nitrogens with one attached hydrogen (secondary N) is 2. The molecule has 0 bridgehead atoms. The van der Waals surface area contributed by atoms with E-state index in [1.165, 1.54) is 0 Å². The largest absolute Gasteiger partial charge is 0.497 e. The normalized spacial score (nSPS) is 13.9. The Morgan fingerprint density at radius 1 is 1.42 bits per heavy atom. The van der Waals surface area contributed by atoms with Crippen LogP contribution in [-0.4, -0.2) is 24.7 Å². The minimum Gasteiger partial charge on any atom is -0.497 e. The lowest BCUT2D eigenvalue weighted by Crippen LogP contribution is -2.28. The van der Waals surface area contributed by atoms with Crippen LogP contribution in [0.2, 0.25) is 0 Å². The van der Waals surface area contributed by atoms with Crippen LogP contribution in [0, 0.1) is 0 Å². The number of methoxy groups -OCH3 is 1. The van der Waals surface area contributed by atoms with Gasteiger partial charge >= 0.3 is 5.97 Å². The molecule has 5 nitrogen and oxygen atoms in total. The van der Waals surface area contributed by atoms with Gasteiger partial charge in [0.15, 0.2) is 0 Å². The van der Waals surface area contributed by atoms with Crippen molar-refractivity contribution in [3.05, 3.63) is 53.4 Å². The SMILES string of the molecule is COc1ccc(CNC2=C(C(=O)O)C=CNC2)cc1. The second-order valence-corrected chi connectivity index (χ2v) is 4.11. The highest BCUT2D eigenvalue weighted by molar-refractivity contribution is 5.91. The van der Waals surface area contributed by atoms with Gasteiger partial charge < -0.3 is 20.5 Å². The smallest absolute Gasteiger partial charge is 0.337 e. The predicted molar refractivity (Wildman–Crippen MR) is 71.6 cm³/mol. The standard InChI is InChI=1S/C14H16N2O3/c1-19-11-4-2-10(3-5-11)8-16-13-9-15-7-6-12(13)14(17)18/h2-7,15-16H,8-9H2,1H3,(H,17,18). The summed E-state index contributed by atoms with van der Waals surface area (Å²) in [5.74, 6) is -0.119. The average molecular weight is 260 g/mol. The fourth-order valence-electron chi connectivity index (χ4n) is 1.81. The lowest BCUT2D eigenvalue weighted by Gasteiger charge is -2.17. The lowest BCUT2D eigenvalue weighted by atomic mass is 10.1. The first-order chi connectivity index (χ1) is 9.20. The number of dihydropyridines is 1. The maximum absolute atomic E-state index is 11.1. The third-order valence-electron chi connectivity index (χ3n) is 2.87. The van der Waals surface area contributed by atoms with E-state index >= 15 is 0 Å². The molecule has 1 aliphatic heterocycles. The van der Waals surface area contributed by atoms with Crippen LogP contribution >= 0.6 is 0 Å². The number of hydrogen-bond donors (Lipinski definition) is 3. The summed E-state index contributed by atoms with van der Waals surface area (Å²) in [4.78, 5) is 11.1. The summed E-state index contributed by atoms with van der Waals surface area (Å²) in [5, 5.41) is 15.2. The van der Waals surface area contributed by atoms with Gasteiger partial charge in [0, 0.05) is 12.2 Å². The number of benzene rings is 1. The van der Waals surface area contributed by atoms with Crippen LogP contribution in [0.25, 0.3) is 0 Å². The zero-order chi connectivity index (χ0) is 13.7. The molecule has 0 spiro atoms. The van der Waals surface area contributed by atoms with Crippen molar-refractivity contribution in [1.82, 2.24) is 10.6 Å². The fourth-order valence-corrected chi connectivity index (χ4v) is 1.81. The molecule has 1 heterocycles. The van der Waals surface area contributed by atoms with Gasteiger partial charge in [0.05, 0.1) is 19.2 Å². The van der Waals surface area contributed by atoms with Crippen molar-refractivity contribution in [2.24, 2.45) is 0 Å². The molecule has 1 aromatic rings. The number of rotatable bonds is 5. The van der Waals surface area contributed by atoms with Gasteiger partial charge in [0.25, 0.3) is 0 Å². The molecular formula is C14H16N2O3. The van der Waals surface area contributed by atoms with Crippen LogP contribution in [-0.2, 0) is 11.3 Å². The third-order valence-corrected chi connectivity index (χ3v) is 2.87. The van der Waals surface area contributed by atoms with Crippen molar-refractivity contribution in [1.29, 1.82) is 0 Å². The van der Waals surface area contributed by atoms with Crippen molar-refractivity contribution in [3.8, 4) is 5.75 Å². The molecule has 2 rings (SSSR count). The van der Waals surface area contributed by atoms with E-state index in [9.17, 15) is 4.79 Å². The van der Waals surface area contributed by atoms with Crippen molar-refractivity contribution in [2.45, 2.75) is 6.54 Å². The van der Waals surface area contributed by atoms with E-state index in [2.05, 4.69) is 10.6 Å². The average Bonchev–Trinajstić information content (AvgIpc) is 2.46. The van der Waals surface area contributed by atoms with Gasteiger partial charge in [0.2, 0.25) is 0 Å². The minimum absolute atomic E-state index is 0.298. The molecule has 0 unspecified atom stereocenters. The second-order valence-electron chi connectivity index (χ2n) is 4.11. The highest BCUT2D eigenvalue weighted by Crippen LogP contribution is 2.12. The number of carboxylic acids is 1. The summed E-state index contributed by atoms with van der Waals surface area (Å²) < 4.78 is 5.09. The molecule has 19 heavy (non-hydrogen) atoms. The highest BCUT2D eigenvalue weighted by Gasteiger charge is 2.13. The Hall–Kier alpha value is -2.43. The number of carbonyl (C=O) groups is 1. The highest BCUT2D eigenvalue weighted by atomic mass is 16.5. The van der Waals surface area contributed by atoms with Crippen LogP contribution in [0.5, 0.6) is 5.75 Å². The summed E-state index contributed by atoms with van der Waals surface area (Å²) in [5.41, 5.74) is 2.05. The second kappa shape index (κ2) is 5.95. The summed E-state index contributed by atoms with van der Waals surface area (Å²) in [6.07, 6.45) is 3.20. The monoisotopic (exact) mass is 260 g/mol. The molecule has 0 saturated carbocycles. The molecule has 0 aromatic heterocycles. The summed E-state index contributed by atoms with van der Waals surface area (Å²) in [6.45, 7) is 1.07. The Morgan fingerprint density at radius 3 is 2.79 bits per heavy atom. The molecule has 0 radical (unpaired) electrons. The van der Waals surface area contributed by atoms with Crippen LogP contribution in [0.1, 0.15) is 5.56 Å². The third kappa shape index (κ3) is 3.28. The first-order valence-corrected chi connectivity index (χ1v) is 5.94. The molecule has 1 aromatic carbocycles. The molecule has 0 fully saturated rings. The topological polar surface area (TPSA) is 70.6 Å². The summed E-state index contributed by atoms with van der Waals surface area (Å²) in [7, 11) is 1.62. The Labute approximate surface area is 111 Å². The quantitative estimate of drug-likeness (QED) is 0.743. The van der Waals surface area contributed by atoms with E-state index in [-0.39, 0.29) is 0 Å². The van der Waals surface area contributed by atoms with E-state index in [1.807, 2.05) is 24.3 Å². The van der Waals surface area contributed by atoms with Crippen LogP contribution in [0.15, 0.2) is 47.8 Å². The van der Waals surface area contributed by atoms with E-state index in [0.29, 0.717) is 24.4 Å². The predicted octanol–water partition coefficient (Wildman–Crippen LogP) is 1.24. The Bertz CT molecular complexity index is 518. The van der Waals surface area contributed by atoms with E-state index in [4.69, 9.17) is 9.84 Å².